The van der Waals surface area contributed by atoms with Gasteiger partial charge in [-0.3, -0.25) is 9.78 Å². The second kappa shape index (κ2) is 6.33. The molecule has 104 valence electrons. The number of carbonyl (C=O) groups excluding carboxylic acids is 1. The van der Waals surface area contributed by atoms with Gasteiger partial charge >= 0.3 is 5.97 Å². The second-order valence-corrected chi connectivity index (χ2v) is 5.09. The standard InChI is InChI=1S/C17H19NO2/c1-12(2)14-4-6-15(7-5-14)17(20-13(3)19)16-8-10-18-11-9-16/h4-12,17H,1-3H3/t17-/m0/s1. The molecule has 3 nitrogen and oxygen atoms in total. The van der Waals surface area contributed by atoms with Gasteiger partial charge in [-0.05, 0) is 29.2 Å². The highest BCUT2D eigenvalue weighted by atomic mass is 16.5. The van der Waals surface area contributed by atoms with Crippen LogP contribution in [0.1, 0.15) is 49.5 Å². The van der Waals surface area contributed by atoms with Gasteiger partial charge in [-0.1, -0.05) is 38.1 Å². The van der Waals surface area contributed by atoms with Crippen molar-refractivity contribution in [1.82, 2.24) is 4.98 Å². The van der Waals surface area contributed by atoms with Crippen molar-refractivity contribution >= 4 is 5.97 Å². The van der Waals surface area contributed by atoms with Gasteiger partial charge in [-0.15, -0.1) is 0 Å². The van der Waals surface area contributed by atoms with Crippen molar-refractivity contribution in [1.29, 1.82) is 0 Å². The minimum Gasteiger partial charge on any atom is -0.453 e. The van der Waals surface area contributed by atoms with Crippen LogP contribution in [0.25, 0.3) is 0 Å². The van der Waals surface area contributed by atoms with E-state index < -0.39 is 0 Å². The van der Waals surface area contributed by atoms with E-state index in [2.05, 4.69) is 31.0 Å². The van der Waals surface area contributed by atoms with Crippen LogP contribution in [0.2, 0.25) is 0 Å². The van der Waals surface area contributed by atoms with E-state index in [4.69, 9.17) is 4.74 Å². The molecule has 0 aliphatic rings. The number of aromatic nitrogens is 1. The Labute approximate surface area is 119 Å². The molecule has 0 saturated carbocycles. The first kappa shape index (κ1) is 14.3. The maximum absolute atomic E-state index is 11.3. The van der Waals surface area contributed by atoms with Crippen molar-refractivity contribution in [3.63, 3.8) is 0 Å². The average Bonchev–Trinajstić information content (AvgIpc) is 2.45. The number of benzene rings is 1. The SMILES string of the molecule is CC(=O)O[C@H](c1ccncc1)c1ccc(C(C)C)cc1. The molecule has 20 heavy (non-hydrogen) atoms. The molecule has 3 heteroatoms. The third-order valence-corrected chi connectivity index (χ3v) is 3.20. The summed E-state index contributed by atoms with van der Waals surface area (Å²) >= 11 is 0. The first-order valence-electron chi connectivity index (χ1n) is 6.75. The molecule has 0 radical (unpaired) electrons. The summed E-state index contributed by atoms with van der Waals surface area (Å²) in [7, 11) is 0. The largest absolute Gasteiger partial charge is 0.453 e. The first-order valence-corrected chi connectivity index (χ1v) is 6.75. The first-order chi connectivity index (χ1) is 9.58. The van der Waals surface area contributed by atoms with Gasteiger partial charge in [0, 0.05) is 24.9 Å². The van der Waals surface area contributed by atoms with E-state index in [1.54, 1.807) is 12.4 Å². The summed E-state index contributed by atoms with van der Waals surface area (Å²) in [6.07, 6.45) is 3.03. The number of rotatable bonds is 4. The summed E-state index contributed by atoms with van der Waals surface area (Å²) < 4.78 is 5.46. The number of carbonyl (C=O) groups is 1. The van der Waals surface area contributed by atoms with Gasteiger partial charge in [-0.2, -0.15) is 0 Å². The highest BCUT2D eigenvalue weighted by Gasteiger charge is 2.17. The Morgan fingerprint density at radius 2 is 1.45 bits per heavy atom. The van der Waals surface area contributed by atoms with Crippen LogP contribution in [-0.4, -0.2) is 11.0 Å². The van der Waals surface area contributed by atoms with Crippen LogP contribution in [0.3, 0.4) is 0 Å². The molecule has 2 rings (SSSR count). The van der Waals surface area contributed by atoms with Gasteiger partial charge in [0.1, 0.15) is 0 Å². The lowest BCUT2D eigenvalue weighted by molar-refractivity contribution is -0.144. The third kappa shape index (κ3) is 3.44. The van der Waals surface area contributed by atoms with Crippen LogP contribution in [0, 0.1) is 0 Å². The van der Waals surface area contributed by atoms with Gasteiger partial charge in [0.15, 0.2) is 6.10 Å². The Hall–Kier alpha value is -2.16. The lowest BCUT2D eigenvalue weighted by atomic mass is 9.97. The van der Waals surface area contributed by atoms with Crippen molar-refractivity contribution < 1.29 is 9.53 Å². The zero-order valence-electron chi connectivity index (χ0n) is 12.0. The summed E-state index contributed by atoms with van der Waals surface area (Å²) in [5, 5.41) is 0. The smallest absolute Gasteiger partial charge is 0.303 e. The molecule has 1 aromatic carbocycles. The van der Waals surface area contributed by atoms with Crippen LogP contribution < -0.4 is 0 Å². The lowest BCUT2D eigenvalue weighted by Gasteiger charge is -2.18. The van der Waals surface area contributed by atoms with E-state index in [0.29, 0.717) is 5.92 Å². The fourth-order valence-electron chi connectivity index (χ4n) is 2.09. The van der Waals surface area contributed by atoms with E-state index in [-0.39, 0.29) is 12.1 Å². The highest BCUT2D eigenvalue weighted by molar-refractivity contribution is 5.66. The van der Waals surface area contributed by atoms with Gasteiger partial charge in [-0.25, -0.2) is 0 Å². The highest BCUT2D eigenvalue weighted by Crippen LogP contribution is 2.27. The van der Waals surface area contributed by atoms with E-state index in [0.717, 1.165) is 11.1 Å². The fraction of sp³-hybridized carbons (Fsp3) is 0.294. The minimum absolute atomic E-state index is 0.292. The van der Waals surface area contributed by atoms with Crippen molar-refractivity contribution in [3.05, 3.63) is 65.5 Å². The van der Waals surface area contributed by atoms with E-state index >= 15 is 0 Å². The molecule has 0 aliphatic carbocycles. The Bertz CT molecular complexity index is 561. The zero-order valence-corrected chi connectivity index (χ0v) is 12.0. The minimum atomic E-state index is -0.378. The summed E-state index contributed by atoms with van der Waals surface area (Å²) in [5.74, 6) is 0.192. The molecule has 0 aliphatic heterocycles. The molecule has 2 aromatic rings. The number of nitrogens with zero attached hydrogens (tertiary/aromatic N) is 1. The summed E-state index contributed by atoms with van der Waals surface area (Å²) in [6.45, 7) is 5.74. The number of hydrogen-bond donors (Lipinski definition) is 0. The molecule has 0 bridgehead atoms. The van der Waals surface area contributed by atoms with Crippen LogP contribution in [0.4, 0.5) is 0 Å². The Morgan fingerprint density at radius 1 is 0.950 bits per heavy atom. The lowest BCUT2D eigenvalue weighted by Crippen LogP contribution is -2.10. The van der Waals surface area contributed by atoms with Crippen LogP contribution in [0.15, 0.2) is 48.8 Å². The number of esters is 1. The van der Waals surface area contributed by atoms with Crippen LogP contribution in [-0.2, 0) is 9.53 Å². The predicted octanol–water partition coefficient (Wildman–Crippen LogP) is 3.86. The molecular weight excluding hydrogens is 250 g/mol. The number of pyridine rings is 1. The van der Waals surface area contributed by atoms with Crippen LogP contribution >= 0.6 is 0 Å². The van der Waals surface area contributed by atoms with Gasteiger partial charge in [0.05, 0.1) is 0 Å². The molecule has 0 N–H and O–H groups in total. The quantitative estimate of drug-likeness (QED) is 0.791. The van der Waals surface area contributed by atoms with E-state index in [1.807, 2.05) is 24.3 Å². The number of ether oxygens (including phenoxy) is 1. The van der Waals surface area contributed by atoms with E-state index in [1.165, 1.54) is 12.5 Å². The molecule has 0 unspecified atom stereocenters. The fourth-order valence-corrected chi connectivity index (χ4v) is 2.09. The maximum Gasteiger partial charge on any atom is 0.303 e. The molecule has 1 heterocycles. The van der Waals surface area contributed by atoms with E-state index in [9.17, 15) is 4.79 Å². The van der Waals surface area contributed by atoms with Gasteiger partial charge < -0.3 is 4.74 Å². The Balaban J connectivity index is 2.34. The third-order valence-electron chi connectivity index (χ3n) is 3.20. The number of hydrogen-bond acceptors (Lipinski definition) is 3. The van der Waals surface area contributed by atoms with Crippen molar-refractivity contribution in [2.75, 3.05) is 0 Å². The molecule has 0 fully saturated rings. The Morgan fingerprint density at radius 3 is 1.95 bits per heavy atom. The second-order valence-electron chi connectivity index (χ2n) is 5.09. The molecule has 1 atom stereocenters. The summed E-state index contributed by atoms with van der Waals surface area (Å²) in [4.78, 5) is 15.3. The Kier molecular flexibility index (Phi) is 4.51. The maximum atomic E-state index is 11.3. The molecule has 1 aromatic heterocycles. The molecule has 0 amide bonds. The molecule has 0 saturated heterocycles. The van der Waals surface area contributed by atoms with Crippen molar-refractivity contribution in [2.24, 2.45) is 0 Å². The van der Waals surface area contributed by atoms with Crippen molar-refractivity contribution in [3.8, 4) is 0 Å². The zero-order chi connectivity index (χ0) is 14.5. The monoisotopic (exact) mass is 269 g/mol. The van der Waals surface area contributed by atoms with Gasteiger partial charge in [0.2, 0.25) is 0 Å². The molecule has 0 spiro atoms. The van der Waals surface area contributed by atoms with Crippen LogP contribution in [0.5, 0.6) is 0 Å². The predicted molar refractivity (Wildman–Crippen MR) is 78.4 cm³/mol. The van der Waals surface area contributed by atoms with Crippen molar-refractivity contribution in [2.45, 2.75) is 32.8 Å². The normalized spacial score (nSPS) is 12.2. The molecular formula is C17H19NO2. The summed E-state index contributed by atoms with van der Waals surface area (Å²) in [6, 6.07) is 11.9. The summed E-state index contributed by atoms with van der Waals surface area (Å²) in [5.41, 5.74) is 3.16. The van der Waals surface area contributed by atoms with Gasteiger partial charge in [0.25, 0.3) is 0 Å². The topological polar surface area (TPSA) is 39.2 Å². The average molecular weight is 269 g/mol.